The second-order valence-corrected chi connectivity index (χ2v) is 8.74. The first-order valence-electron chi connectivity index (χ1n) is 9.94. The highest BCUT2D eigenvalue weighted by atomic mass is 35.5. The lowest BCUT2D eigenvalue weighted by Gasteiger charge is -2.20. The zero-order valence-electron chi connectivity index (χ0n) is 15.9. The summed E-state index contributed by atoms with van der Waals surface area (Å²) >= 11 is 8.09. The maximum atomic E-state index is 12.9. The molecule has 0 N–H and O–H groups in total. The lowest BCUT2D eigenvalue weighted by molar-refractivity contribution is -0.131. The van der Waals surface area contributed by atoms with Crippen molar-refractivity contribution in [3.8, 4) is 0 Å². The van der Waals surface area contributed by atoms with E-state index in [9.17, 15) is 4.79 Å². The van der Waals surface area contributed by atoms with E-state index < -0.39 is 0 Å². The molecule has 0 unspecified atom stereocenters. The molecule has 0 aliphatic carbocycles. The van der Waals surface area contributed by atoms with Gasteiger partial charge in [0.1, 0.15) is 6.54 Å². The van der Waals surface area contributed by atoms with Crippen molar-refractivity contribution in [3.63, 3.8) is 0 Å². The standard InChI is InChI=1S/C23H25ClN2OS/c24-20-11-5-3-9-18(20)17-28-22-15-26(21-12-6-4-10-19(21)22)16-23(27)25-13-7-1-2-8-14-25/h3-6,9-12,15H,1-2,7-8,13-14,16-17H2. The summed E-state index contributed by atoms with van der Waals surface area (Å²) in [6, 6.07) is 16.3. The van der Waals surface area contributed by atoms with E-state index in [1.807, 2.05) is 29.2 Å². The molecular formula is C23H25ClN2OS. The van der Waals surface area contributed by atoms with Crippen LogP contribution in [0.1, 0.15) is 31.2 Å². The monoisotopic (exact) mass is 412 g/mol. The molecule has 1 aromatic heterocycles. The van der Waals surface area contributed by atoms with Gasteiger partial charge in [0, 0.05) is 45.9 Å². The molecule has 0 radical (unpaired) electrons. The molecule has 1 fully saturated rings. The van der Waals surface area contributed by atoms with Crippen molar-refractivity contribution in [1.82, 2.24) is 9.47 Å². The number of para-hydroxylation sites is 1. The Balaban J connectivity index is 1.54. The Labute approximate surface area is 175 Å². The van der Waals surface area contributed by atoms with Crippen molar-refractivity contribution in [2.24, 2.45) is 0 Å². The van der Waals surface area contributed by atoms with E-state index >= 15 is 0 Å². The molecule has 1 aliphatic rings. The fourth-order valence-electron chi connectivity index (χ4n) is 3.80. The number of fused-ring (bicyclic) bond motifs is 1. The van der Waals surface area contributed by atoms with Gasteiger partial charge in [-0.3, -0.25) is 4.79 Å². The van der Waals surface area contributed by atoms with Gasteiger partial charge < -0.3 is 9.47 Å². The van der Waals surface area contributed by atoms with E-state index in [0.717, 1.165) is 47.8 Å². The third-order valence-electron chi connectivity index (χ3n) is 5.36. The van der Waals surface area contributed by atoms with E-state index in [1.165, 1.54) is 23.1 Å². The van der Waals surface area contributed by atoms with Gasteiger partial charge in [-0.2, -0.15) is 0 Å². The van der Waals surface area contributed by atoms with Crippen molar-refractivity contribution in [2.75, 3.05) is 13.1 Å². The third kappa shape index (κ3) is 4.39. The normalized spacial score (nSPS) is 15.0. The van der Waals surface area contributed by atoms with Crippen molar-refractivity contribution < 1.29 is 4.79 Å². The van der Waals surface area contributed by atoms with Gasteiger partial charge in [0.05, 0.1) is 0 Å². The minimum Gasteiger partial charge on any atom is -0.341 e. The van der Waals surface area contributed by atoms with Gasteiger partial charge in [-0.15, -0.1) is 11.8 Å². The number of halogens is 1. The van der Waals surface area contributed by atoms with Crippen LogP contribution in [0, 0.1) is 0 Å². The molecule has 0 bridgehead atoms. The number of hydrogen-bond donors (Lipinski definition) is 0. The second-order valence-electron chi connectivity index (χ2n) is 7.31. The van der Waals surface area contributed by atoms with Crippen LogP contribution >= 0.6 is 23.4 Å². The van der Waals surface area contributed by atoms with Crippen LogP contribution in [0.5, 0.6) is 0 Å². The van der Waals surface area contributed by atoms with Gasteiger partial charge >= 0.3 is 0 Å². The quantitative estimate of drug-likeness (QED) is 0.481. The zero-order valence-corrected chi connectivity index (χ0v) is 17.5. The molecule has 4 rings (SSSR count). The molecule has 0 spiro atoms. The topological polar surface area (TPSA) is 25.2 Å². The summed E-state index contributed by atoms with van der Waals surface area (Å²) in [5.41, 5.74) is 2.25. The Kier molecular flexibility index (Phi) is 6.28. The predicted molar refractivity (Wildman–Crippen MR) is 118 cm³/mol. The Bertz CT molecular complexity index is 960. The Morgan fingerprint density at radius 2 is 1.68 bits per heavy atom. The molecule has 2 aromatic carbocycles. The molecule has 2 heterocycles. The van der Waals surface area contributed by atoms with Crippen LogP contribution in [-0.2, 0) is 17.1 Å². The van der Waals surface area contributed by atoms with Crippen LogP contribution in [0.15, 0.2) is 59.6 Å². The molecule has 1 aliphatic heterocycles. The molecule has 3 aromatic rings. The van der Waals surface area contributed by atoms with Crippen LogP contribution in [0.3, 0.4) is 0 Å². The summed E-state index contributed by atoms with van der Waals surface area (Å²) in [7, 11) is 0. The van der Waals surface area contributed by atoms with Crippen LogP contribution in [0.4, 0.5) is 0 Å². The van der Waals surface area contributed by atoms with Gasteiger partial charge in [0.2, 0.25) is 5.91 Å². The SMILES string of the molecule is O=C(Cn1cc(SCc2ccccc2Cl)c2ccccc21)N1CCCCCC1. The lowest BCUT2D eigenvalue weighted by Crippen LogP contribution is -2.34. The number of hydrogen-bond acceptors (Lipinski definition) is 2. The molecule has 1 saturated heterocycles. The molecule has 28 heavy (non-hydrogen) atoms. The maximum absolute atomic E-state index is 12.9. The van der Waals surface area contributed by atoms with Gasteiger partial charge in [0.15, 0.2) is 0 Å². The van der Waals surface area contributed by atoms with E-state index in [0.29, 0.717) is 6.54 Å². The number of nitrogens with zero attached hydrogens (tertiary/aromatic N) is 2. The molecule has 3 nitrogen and oxygen atoms in total. The number of aromatic nitrogens is 1. The Morgan fingerprint density at radius 1 is 0.964 bits per heavy atom. The molecule has 1 amide bonds. The lowest BCUT2D eigenvalue weighted by atomic mass is 10.2. The second kappa shape index (κ2) is 9.06. The first kappa shape index (κ1) is 19.4. The summed E-state index contributed by atoms with van der Waals surface area (Å²) in [6.07, 6.45) is 6.84. The number of amides is 1. The van der Waals surface area contributed by atoms with Crippen LogP contribution < -0.4 is 0 Å². The average Bonchev–Trinajstić information content (AvgIpc) is 2.88. The van der Waals surface area contributed by atoms with Gasteiger partial charge in [-0.05, 0) is 30.5 Å². The summed E-state index contributed by atoms with van der Waals surface area (Å²) < 4.78 is 2.11. The van der Waals surface area contributed by atoms with E-state index in [4.69, 9.17) is 11.6 Å². The van der Waals surface area contributed by atoms with Crippen LogP contribution in [-0.4, -0.2) is 28.5 Å². The number of rotatable bonds is 5. The predicted octanol–water partition coefficient (Wildman–Crippen LogP) is 5.99. The fraction of sp³-hybridized carbons (Fsp3) is 0.348. The molecule has 0 saturated carbocycles. The van der Waals surface area contributed by atoms with Crippen molar-refractivity contribution in [2.45, 2.75) is 42.9 Å². The molecule has 5 heteroatoms. The van der Waals surface area contributed by atoms with Gasteiger partial charge in [0.25, 0.3) is 0 Å². The maximum Gasteiger partial charge on any atom is 0.242 e. The average molecular weight is 413 g/mol. The minimum atomic E-state index is 0.227. The highest BCUT2D eigenvalue weighted by molar-refractivity contribution is 7.98. The van der Waals surface area contributed by atoms with E-state index in [2.05, 4.69) is 35.0 Å². The molecular weight excluding hydrogens is 388 g/mol. The van der Waals surface area contributed by atoms with E-state index in [-0.39, 0.29) is 5.91 Å². The fourth-order valence-corrected chi connectivity index (χ4v) is 5.17. The van der Waals surface area contributed by atoms with Crippen LogP contribution in [0.25, 0.3) is 10.9 Å². The molecule has 146 valence electrons. The van der Waals surface area contributed by atoms with Crippen LogP contribution in [0.2, 0.25) is 5.02 Å². The number of thioether (sulfide) groups is 1. The van der Waals surface area contributed by atoms with Gasteiger partial charge in [-0.1, -0.05) is 60.8 Å². The highest BCUT2D eigenvalue weighted by Gasteiger charge is 2.18. The molecule has 0 atom stereocenters. The first-order chi connectivity index (χ1) is 13.7. The van der Waals surface area contributed by atoms with Gasteiger partial charge in [-0.25, -0.2) is 0 Å². The Morgan fingerprint density at radius 3 is 2.46 bits per heavy atom. The summed E-state index contributed by atoms with van der Waals surface area (Å²) in [4.78, 5) is 16.1. The van der Waals surface area contributed by atoms with Crippen molar-refractivity contribution >= 4 is 40.2 Å². The number of benzene rings is 2. The largest absolute Gasteiger partial charge is 0.341 e. The minimum absolute atomic E-state index is 0.227. The number of carbonyl (C=O) groups excluding carboxylic acids is 1. The van der Waals surface area contributed by atoms with Crippen molar-refractivity contribution in [1.29, 1.82) is 0 Å². The van der Waals surface area contributed by atoms with E-state index in [1.54, 1.807) is 11.8 Å². The summed E-state index contributed by atoms with van der Waals surface area (Å²) in [6.45, 7) is 2.20. The summed E-state index contributed by atoms with van der Waals surface area (Å²) in [5, 5.41) is 2.00. The Hall–Kier alpha value is -1.91. The summed E-state index contributed by atoms with van der Waals surface area (Å²) in [5.74, 6) is 1.04. The third-order valence-corrected chi connectivity index (χ3v) is 6.82. The zero-order chi connectivity index (χ0) is 19.3. The highest BCUT2D eigenvalue weighted by Crippen LogP contribution is 2.33. The number of likely N-dealkylation sites (tertiary alicyclic amines) is 1. The smallest absolute Gasteiger partial charge is 0.242 e. The van der Waals surface area contributed by atoms with Crippen molar-refractivity contribution in [3.05, 3.63) is 65.3 Å². The first-order valence-corrected chi connectivity index (χ1v) is 11.3. The number of carbonyl (C=O) groups is 1.